The van der Waals surface area contributed by atoms with Gasteiger partial charge in [-0.25, -0.2) is 0 Å². The highest BCUT2D eigenvalue weighted by Crippen LogP contribution is 2.37. The fraction of sp³-hybridized carbons (Fsp3) is 1.00. The minimum absolute atomic E-state index is 0.00231. The predicted molar refractivity (Wildman–Crippen MR) is 57.1 cm³/mol. The fourth-order valence-corrected chi connectivity index (χ4v) is 2.19. The van der Waals surface area contributed by atoms with Gasteiger partial charge in [0.2, 0.25) is 0 Å². The Morgan fingerprint density at radius 1 is 1.29 bits per heavy atom. The van der Waals surface area contributed by atoms with Crippen molar-refractivity contribution in [3.63, 3.8) is 0 Å². The summed E-state index contributed by atoms with van der Waals surface area (Å²) < 4.78 is 0. The molecular formula is C11H23NO2. The van der Waals surface area contributed by atoms with Crippen LogP contribution in [0.5, 0.6) is 0 Å². The molecule has 2 N–H and O–H groups in total. The van der Waals surface area contributed by atoms with Gasteiger partial charge in [-0.05, 0) is 20.3 Å². The lowest BCUT2D eigenvalue weighted by Crippen LogP contribution is -2.59. The summed E-state index contributed by atoms with van der Waals surface area (Å²) in [7, 11) is 0. The van der Waals surface area contributed by atoms with Gasteiger partial charge in [0.1, 0.15) is 0 Å². The maximum Gasteiger partial charge on any atom is 0.0620 e. The summed E-state index contributed by atoms with van der Waals surface area (Å²) in [4.78, 5) is 2.26. The molecule has 0 saturated carbocycles. The Kier molecular flexibility index (Phi) is 3.24. The first-order chi connectivity index (χ1) is 6.29. The van der Waals surface area contributed by atoms with Crippen LogP contribution >= 0.6 is 0 Å². The van der Waals surface area contributed by atoms with Crippen LogP contribution in [-0.4, -0.2) is 46.5 Å². The first-order valence-electron chi connectivity index (χ1n) is 5.33. The Bertz CT molecular complexity index is 201. The third-order valence-corrected chi connectivity index (χ3v) is 3.42. The Labute approximate surface area is 86.7 Å². The van der Waals surface area contributed by atoms with Gasteiger partial charge in [0.15, 0.2) is 0 Å². The molecule has 1 rings (SSSR count). The molecule has 0 spiro atoms. The quantitative estimate of drug-likeness (QED) is 0.696. The molecule has 0 aliphatic carbocycles. The number of likely N-dealkylation sites (tertiary alicyclic amines) is 1. The van der Waals surface area contributed by atoms with Gasteiger partial charge in [-0.3, -0.25) is 4.90 Å². The molecule has 0 amide bonds. The first kappa shape index (κ1) is 12.0. The molecule has 0 aromatic heterocycles. The van der Waals surface area contributed by atoms with Crippen LogP contribution in [0, 0.1) is 5.41 Å². The lowest BCUT2D eigenvalue weighted by Gasteiger charge is -2.51. The second-order valence-corrected chi connectivity index (χ2v) is 5.67. The zero-order valence-electron chi connectivity index (χ0n) is 9.75. The summed E-state index contributed by atoms with van der Waals surface area (Å²) in [6.45, 7) is 10.2. The first-order valence-corrected chi connectivity index (χ1v) is 5.33. The van der Waals surface area contributed by atoms with E-state index < -0.39 is 0 Å². The molecule has 1 fully saturated rings. The van der Waals surface area contributed by atoms with E-state index in [9.17, 15) is 5.11 Å². The van der Waals surface area contributed by atoms with E-state index in [-0.39, 0.29) is 23.7 Å². The summed E-state index contributed by atoms with van der Waals surface area (Å²) in [6.07, 6.45) is 0.535. The number of nitrogens with zero attached hydrogens (tertiary/aromatic N) is 1. The lowest BCUT2D eigenvalue weighted by atomic mass is 9.74. The van der Waals surface area contributed by atoms with E-state index in [0.29, 0.717) is 6.54 Å². The predicted octanol–water partition coefficient (Wildman–Crippen LogP) is 0.850. The van der Waals surface area contributed by atoms with Crippen LogP contribution in [0.1, 0.15) is 34.1 Å². The molecule has 3 nitrogen and oxygen atoms in total. The average molecular weight is 201 g/mol. The average Bonchev–Trinajstić information content (AvgIpc) is 2.00. The number of hydrogen-bond acceptors (Lipinski definition) is 3. The van der Waals surface area contributed by atoms with Crippen molar-refractivity contribution >= 4 is 0 Å². The highest BCUT2D eigenvalue weighted by molar-refractivity contribution is 4.97. The van der Waals surface area contributed by atoms with Gasteiger partial charge in [0, 0.05) is 24.0 Å². The van der Waals surface area contributed by atoms with Crippen LogP contribution in [0.4, 0.5) is 0 Å². The molecule has 0 aromatic carbocycles. The molecule has 0 bridgehead atoms. The van der Waals surface area contributed by atoms with Gasteiger partial charge < -0.3 is 10.2 Å². The molecule has 0 radical (unpaired) electrons. The zero-order valence-corrected chi connectivity index (χ0v) is 9.75. The third kappa shape index (κ3) is 2.27. The second-order valence-electron chi connectivity index (χ2n) is 5.67. The van der Waals surface area contributed by atoms with Gasteiger partial charge in [-0.15, -0.1) is 0 Å². The summed E-state index contributed by atoms with van der Waals surface area (Å²) in [5, 5.41) is 19.0. The van der Waals surface area contributed by atoms with Crippen LogP contribution in [0.15, 0.2) is 0 Å². The number of piperidine rings is 1. The number of aliphatic hydroxyl groups excluding tert-OH is 2. The van der Waals surface area contributed by atoms with Crippen molar-refractivity contribution in [3.05, 3.63) is 0 Å². The molecule has 1 atom stereocenters. The number of rotatable bonds is 2. The van der Waals surface area contributed by atoms with Crippen molar-refractivity contribution in [3.8, 4) is 0 Å². The van der Waals surface area contributed by atoms with E-state index in [1.165, 1.54) is 0 Å². The normalized spacial score (nSPS) is 31.7. The molecule has 0 aromatic rings. The van der Waals surface area contributed by atoms with E-state index in [1.807, 2.05) is 0 Å². The van der Waals surface area contributed by atoms with Crippen molar-refractivity contribution in [2.24, 2.45) is 5.41 Å². The second kappa shape index (κ2) is 3.80. The number of aliphatic hydroxyl groups is 2. The Hall–Kier alpha value is -0.120. The summed E-state index contributed by atoms with van der Waals surface area (Å²) in [5.74, 6) is 0. The monoisotopic (exact) mass is 201 g/mol. The molecule has 1 aliphatic heterocycles. The Morgan fingerprint density at radius 3 is 2.36 bits per heavy atom. The van der Waals surface area contributed by atoms with Gasteiger partial charge >= 0.3 is 0 Å². The molecule has 1 heterocycles. The lowest BCUT2D eigenvalue weighted by molar-refractivity contribution is -0.0864. The van der Waals surface area contributed by atoms with E-state index >= 15 is 0 Å². The van der Waals surface area contributed by atoms with E-state index in [0.717, 1.165) is 13.0 Å². The van der Waals surface area contributed by atoms with Crippen LogP contribution in [-0.2, 0) is 0 Å². The van der Waals surface area contributed by atoms with Crippen molar-refractivity contribution in [2.45, 2.75) is 45.8 Å². The molecule has 14 heavy (non-hydrogen) atoms. The molecule has 1 saturated heterocycles. The zero-order chi connectivity index (χ0) is 11.0. The SMILES string of the molecule is CC1(C)CN(CCO)C(C)(C)CC1O. The van der Waals surface area contributed by atoms with Crippen LogP contribution in [0.3, 0.4) is 0 Å². The highest BCUT2D eigenvalue weighted by Gasteiger charge is 2.43. The topological polar surface area (TPSA) is 43.7 Å². The van der Waals surface area contributed by atoms with Crippen molar-refractivity contribution in [1.29, 1.82) is 0 Å². The van der Waals surface area contributed by atoms with Crippen LogP contribution in [0.25, 0.3) is 0 Å². The highest BCUT2D eigenvalue weighted by atomic mass is 16.3. The summed E-state index contributed by atoms with van der Waals surface area (Å²) in [5.41, 5.74) is -0.0671. The number of hydrogen-bond donors (Lipinski definition) is 2. The summed E-state index contributed by atoms with van der Waals surface area (Å²) in [6, 6.07) is 0. The van der Waals surface area contributed by atoms with Gasteiger partial charge in [-0.2, -0.15) is 0 Å². The maximum absolute atomic E-state index is 9.97. The van der Waals surface area contributed by atoms with E-state index in [4.69, 9.17) is 5.11 Å². The van der Waals surface area contributed by atoms with Crippen molar-refractivity contribution in [1.82, 2.24) is 4.90 Å². The summed E-state index contributed by atoms with van der Waals surface area (Å²) >= 11 is 0. The smallest absolute Gasteiger partial charge is 0.0620 e. The van der Waals surface area contributed by atoms with Crippen molar-refractivity contribution < 1.29 is 10.2 Å². The standard InChI is InChI=1S/C11H23NO2/c1-10(2)8-12(5-6-13)11(3,4)7-9(10)14/h9,13-14H,5-8H2,1-4H3. The maximum atomic E-state index is 9.97. The minimum Gasteiger partial charge on any atom is -0.395 e. The minimum atomic E-state index is -0.243. The van der Waals surface area contributed by atoms with Crippen molar-refractivity contribution in [2.75, 3.05) is 19.7 Å². The van der Waals surface area contributed by atoms with Crippen LogP contribution in [0.2, 0.25) is 0 Å². The largest absolute Gasteiger partial charge is 0.395 e. The van der Waals surface area contributed by atoms with Gasteiger partial charge in [0.25, 0.3) is 0 Å². The number of β-amino-alcohol motifs (C(OH)–C–C–N with tert-alkyl or cyclic N) is 1. The molecule has 84 valence electrons. The molecule has 1 unspecified atom stereocenters. The molecule has 3 heteroatoms. The Balaban J connectivity index is 2.75. The van der Waals surface area contributed by atoms with Gasteiger partial charge in [-0.1, -0.05) is 13.8 Å². The van der Waals surface area contributed by atoms with E-state index in [1.54, 1.807) is 0 Å². The Morgan fingerprint density at radius 2 is 1.86 bits per heavy atom. The fourth-order valence-electron chi connectivity index (χ4n) is 2.19. The van der Waals surface area contributed by atoms with Gasteiger partial charge in [0.05, 0.1) is 12.7 Å². The van der Waals surface area contributed by atoms with E-state index in [2.05, 4.69) is 32.6 Å². The third-order valence-electron chi connectivity index (χ3n) is 3.42. The van der Waals surface area contributed by atoms with Crippen LogP contribution < -0.4 is 0 Å². The molecule has 1 aliphatic rings. The molecular weight excluding hydrogens is 178 g/mol.